The first-order chi connectivity index (χ1) is 12.6. The average Bonchev–Trinajstić information content (AvgIpc) is 2.66. The predicted molar refractivity (Wildman–Crippen MR) is 99.1 cm³/mol. The molecule has 5 nitrogen and oxygen atoms in total. The van der Waals surface area contributed by atoms with Crippen molar-refractivity contribution in [3.63, 3.8) is 0 Å². The van der Waals surface area contributed by atoms with E-state index in [1.165, 1.54) is 19.2 Å². The zero-order chi connectivity index (χ0) is 18.9. The average molecular weight is 360 g/mol. The Morgan fingerprint density at radius 2 is 1.96 bits per heavy atom. The Labute approximate surface area is 153 Å². The van der Waals surface area contributed by atoms with Gasteiger partial charge in [0.15, 0.2) is 0 Å². The largest absolute Gasteiger partial charge is 0.497 e. The molecule has 1 atom stereocenters. The van der Waals surface area contributed by atoms with Gasteiger partial charge in [-0.3, -0.25) is 4.79 Å². The lowest BCUT2D eigenvalue weighted by Crippen LogP contribution is -2.30. The summed E-state index contributed by atoms with van der Waals surface area (Å²) in [6.07, 6.45) is 1.09. The molecular weight excluding hydrogens is 335 g/mol. The fourth-order valence-electron chi connectivity index (χ4n) is 2.75. The molecule has 0 fully saturated rings. The number of halogens is 1. The van der Waals surface area contributed by atoms with Gasteiger partial charge >= 0.3 is 0 Å². The quantitative estimate of drug-likeness (QED) is 0.675. The summed E-state index contributed by atoms with van der Waals surface area (Å²) < 4.78 is 24.5. The highest BCUT2D eigenvalue weighted by molar-refractivity contribution is 5.77. The molecule has 1 amide bonds. The molecule has 0 aromatic heterocycles. The van der Waals surface area contributed by atoms with E-state index in [1.54, 1.807) is 13.2 Å². The van der Waals surface area contributed by atoms with Crippen molar-refractivity contribution in [2.75, 3.05) is 27.8 Å². The maximum atomic E-state index is 13.9. The third-order valence-corrected chi connectivity index (χ3v) is 4.07. The van der Waals surface area contributed by atoms with Crippen LogP contribution in [-0.2, 0) is 4.79 Å². The van der Waals surface area contributed by atoms with E-state index in [2.05, 4.69) is 10.6 Å². The number of hydrogen-bond donors (Lipinski definition) is 2. The van der Waals surface area contributed by atoms with Crippen LogP contribution in [-0.4, -0.2) is 33.7 Å². The lowest BCUT2D eigenvalue weighted by Gasteiger charge is -2.22. The summed E-state index contributed by atoms with van der Waals surface area (Å²) in [7, 11) is 4.94. The highest BCUT2D eigenvalue weighted by Crippen LogP contribution is 2.32. The third kappa shape index (κ3) is 5.20. The Kier molecular flexibility index (Phi) is 7.41. The lowest BCUT2D eigenvalue weighted by atomic mass is 9.97. The molecule has 0 aliphatic rings. The number of methoxy groups -OCH3 is 2. The monoisotopic (exact) mass is 360 g/mol. The Balaban J connectivity index is 2.38. The zero-order valence-electron chi connectivity index (χ0n) is 15.3. The molecule has 140 valence electrons. The molecule has 6 heteroatoms. The predicted octanol–water partition coefficient (Wildman–Crippen LogP) is 3.05. The highest BCUT2D eigenvalue weighted by Gasteiger charge is 2.21. The molecule has 2 N–H and O–H groups in total. The standard InChI is InChI=1S/C20H25FN2O3/c1-22-11-5-8-19(24)23-20(14-6-4-7-16(12-14)25-2)17-13-15(21)9-10-18(17)26-3/h4,6-7,9-10,12-13,20,22H,5,8,11H2,1-3H3,(H,23,24). The molecular formula is C20H25FN2O3. The topological polar surface area (TPSA) is 59.6 Å². The maximum Gasteiger partial charge on any atom is 0.220 e. The summed E-state index contributed by atoms with van der Waals surface area (Å²) in [6.45, 7) is 0.751. The van der Waals surface area contributed by atoms with Crippen molar-refractivity contribution in [2.24, 2.45) is 0 Å². The van der Waals surface area contributed by atoms with Crippen molar-refractivity contribution < 1.29 is 18.7 Å². The van der Waals surface area contributed by atoms with Gasteiger partial charge in [0.2, 0.25) is 5.91 Å². The molecule has 2 aromatic carbocycles. The van der Waals surface area contributed by atoms with Crippen LogP contribution >= 0.6 is 0 Å². The maximum absolute atomic E-state index is 13.9. The normalized spacial score (nSPS) is 11.7. The first-order valence-corrected chi connectivity index (χ1v) is 8.50. The second-order valence-corrected chi connectivity index (χ2v) is 5.87. The number of nitrogens with one attached hydrogen (secondary N) is 2. The smallest absolute Gasteiger partial charge is 0.220 e. The second kappa shape index (κ2) is 9.77. The van der Waals surface area contributed by atoms with Gasteiger partial charge < -0.3 is 20.1 Å². The van der Waals surface area contributed by atoms with Crippen molar-refractivity contribution in [3.05, 3.63) is 59.4 Å². The fraction of sp³-hybridized carbons (Fsp3) is 0.350. The molecule has 0 heterocycles. The number of carbonyl (C=O) groups excluding carboxylic acids is 1. The molecule has 0 spiro atoms. The summed E-state index contributed by atoms with van der Waals surface area (Å²) in [6, 6.07) is 11.1. The number of hydrogen-bond acceptors (Lipinski definition) is 4. The first-order valence-electron chi connectivity index (χ1n) is 8.50. The Bertz CT molecular complexity index is 737. The van der Waals surface area contributed by atoms with Crippen molar-refractivity contribution in [1.82, 2.24) is 10.6 Å². The molecule has 0 saturated carbocycles. The van der Waals surface area contributed by atoms with E-state index in [4.69, 9.17) is 9.47 Å². The molecule has 0 aliphatic heterocycles. The number of amides is 1. The van der Waals surface area contributed by atoms with E-state index in [0.29, 0.717) is 29.9 Å². The summed E-state index contributed by atoms with van der Waals surface area (Å²) in [5.74, 6) is 0.666. The van der Waals surface area contributed by atoms with Crippen molar-refractivity contribution >= 4 is 5.91 Å². The Hall–Kier alpha value is -2.60. The zero-order valence-corrected chi connectivity index (χ0v) is 15.3. The van der Waals surface area contributed by atoms with Crippen LogP contribution in [0.2, 0.25) is 0 Å². The van der Waals surface area contributed by atoms with Crippen molar-refractivity contribution in [1.29, 1.82) is 0 Å². The van der Waals surface area contributed by atoms with Gasteiger partial charge in [0, 0.05) is 12.0 Å². The fourth-order valence-corrected chi connectivity index (χ4v) is 2.75. The van der Waals surface area contributed by atoms with Crippen LogP contribution < -0.4 is 20.1 Å². The van der Waals surface area contributed by atoms with Gasteiger partial charge in [0.1, 0.15) is 17.3 Å². The molecule has 0 radical (unpaired) electrons. The summed E-state index contributed by atoms with van der Waals surface area (Å²) in [4.78, 5) is 12.4. The van der Waals surface area contributed by atoms with Crippen LogP contribution in [0.1, 0.15) is 30.0 Å². The summed E-state index contributed by atoms with van der Waals surface area (Å²) >= 11 is 0. The van der Waals surface area contributed by atoms with Crippen LogP contribution in [0.25, 0.3) is 0 Å². The van der Waals surface area contributed by atoms with Crippen molar-refractivity contribution in [3.8, 4) is 11.5 Å². The van der Waals surface area contributed by atoms with Crippen LogP contribution in [0.5, 0.6) is 11.5 Å². The number of ether oxygens (including phenoxy) is 2. The van der Waals surface area contributed by atoms with Crippen LogP contribution in [0.3, 0.4) is 0 Å². The minimum absolute atomic E-state index is 0.112. The molecule has 26 heavy (non-hydrogen) atoms. The van der Waals surface area contributed by atoms with Gasteiger partial charge in [0.25, 0.3) is 0 Å². The molecule has 1 unspecified atom stereocenters. The lowest BCUT2D eigenvalue weighted by molar-refractivity contribution is -0.121. The molecule has 0 bridgehead atoms. The minimum atomic E-state index is -0.544. The van der Waals surface area contributed by atoms with Gasteiger partial charge in [-0.1, -0.05) is 12.1 Å². The van der Waals surface area contributed by atoms with Gasteiger partial charge in [-0.15, -0.1) is 0 Å². The van der Waals surface area contributed by atoms with E-state index >= 15 is 0 Å². The molecule has 2 aromatic rings. The highest BCUT2D eigenvalue weighted by atomic mass is 19.1. The van der Waals surface area contributed by atoms with Crippen LogP contribution in [0.15, 0.2) is 42.5 Å². The molecule has 0 aliphatic carbocycles. The van der Waals surface area contributed by atoms with E-state index in [-0.39, 0.29) is 5.91 Å². The van der Waals surface area contributed by atoms with Gasteiger partial charge in [-0.2, -0.15) is 0 Å². The third-order valence-electron chi connectivity index (χ3n) is 4.07. The molecule has 2 rings (SSSR count). The minimum Gasteiger partial charge on any atom is -0.497 e. The van der Waals surface area contributed by atoms with E-state index < -0.39 is 11.9 Å². The Morgan fingerprint density at radius 3 is 2.65 bits per heavy atom. The van der Waals surface area contributed by atoms with Gasteiger partial charge in [-0.25, -0.2) is 4.39 Å². The summed E-state index contributed by atoms with van der Waals surface area (Å²) in [5.41, 5.74) is 1.35. The second-order valence-electron chi connectivity index (χ2n) is 5.87. The van der Waals surface area contributed by atoms with Gasteiger partial charge in [-0.05, 0) is 55.9 Å². The van der Waals surface area contributed by atoms with E-state index in [1.807, 2.05) is 31.3 Å². The SMILES string of the molecule is CNCCCC(=O)NC(c1cccc(OC)c1)c1cc(F)ccc1OC. The number of benzene rings is 2. The van der Waals surface area contributed by atoms with Crippen molar-refractivity contribution in [2.45, 2.75) is 18.9 Å². The van der Waals surface area contributed by atoms with Crippen LogP contribution in [0, 0.1) is 5.82 Å². The summed E-state index contributed by atoms with van der Waals surface area (Å²) in [5, 5.41) is 6.01. The molecule has 0 saturated heterocycles. The first kappa shape index (κ1) is 19.7. The van der Waals surface area contributed by atoms with E-state index in [0.717, 1.165) is 12.1 Å². The van der Waals surface area contributed by atoms with E-state index in [9.17, 15) is 9.18 Å². The number of rotatable bonds is 9. The number of carbonyl (C=O) groups is 1. The van der Waals surface area contributed by atoms with Gasteiger partial charge in [0.05, 0.1) is 20.3 Å². The Morgan fingerprint density at radius 1 is 1.15 bits per heavy atom. The van der Waals surface area contributed by atoms with Crippen LogP contribution in [0.4, 0.5) is 4.39 Å².